The van der Waals surface area contributed by atoms with E-state index >= 15 is 0 Å². The SMILES string of the molecule is CNS(=O)(=O)c1ccc(CCC(=O)Nc2ccc(C)c([N+](=O)[O-])c2)cc1. The molecule has 0 fully saturated rings. The van der Waals surface area contributed by atoms with Gasteiger partial charge in [-0.3, -0.25) is 14.9 Å². The van der Waals surface area contributed by atoms with Gasteiger partial charge >= 0.3 is 0 Å². The van der Waals surface area contributed by atoms with Gasteiger partial charge in [0.25, 0.3) is 5.69 Å². The molecule has 0 radical (unpaired) electrons. The molecule has 8 nitrogen and oxygen atoms in total. The van der Waals surface area contributed by atoms with Gasteiger partial charge in [-0.05, 0) is 44.2 Å². The van der Waals surface area contributed by atoms with E-state index in [1.54, 1.807) is 31.2 Å². The summed E-state index contributed by atoms with van der Waals surface area (Å²) in [5.74, 6) is -0.282. The number of nitrogens with zero attached hydrogens (tertiary/aromatic N) is 1. The minimum Gasteiger partial charge on any atom is -0.326 e. The molecule has 0 aliphatic heterocycles. The Labute approximate surface area is 151 Å². The molecule has 0 heterocycles. The van der Waals surface area contributed by atoms with E-state index in [1.807, 2.05) is 0 Å². The van der Waals surface area contributed by atoms with Gasteiger partial charge in [0.15, 0.2) is 0 Å². The van der Waals surface area contributed by atoms with Crippen LogP contribution in [0, 0.1) is 17.0 Å². The second-order valence-electron chi connectivity index (χ2n) is 5.66. The maximum absolute atomic E-state index is 12.0. The van der Waals surface area contributed by atoms with Crippen LogP contribution in [-0.4, -0.2) is 26.3 Å². The number of rotatable bonds is 7. The predicted molar refractivity (Wildman–Crippen MR) is 97.5 cm³/mol. The number of carbonyl (C=O) groups excluding carboxylic acids is 1. The smallest absolute Gasteiger partial charge is 0.274 e. The first-order valence-corrected chi connectivity index (χ1v) is 9.28. The average molecular weight is 377 g/mol. The monoisotopic (exact) mass is 377 g/mol. The van der Waals surface area contributed by atoms with Crippen molar-refractivity contribution in [2.45, 2.75) is 24.7 Å². The van der Waals surface area contributed by atoms with Gasteiger partial charge in [0.2, 0.25) is 15.9 Å². The molecule has 2 rings (SSSR count). The van der Waals surface area contributed by atoms with Gasteiger partial charge in [-0.1, -0.05) is 18.2 Å². The van der Waals surface area contributed by atoms with Crippen LogP contribution in [0.2, 0.25) is 0 Å². The van der Waals surface area contributed by atoms with E-state index in [0.717, 1.165) is 5.56 Å². The van der Waals surface area contributed by atoms with Crippen LogP contribution < -0.4 is 10.0 Å². The summed E-state index contributed by atoms with van der Waals surface area (Å²) in [7, 11) is -2.15. The lowest BCUT2D eigenvalue weighted by Gasteiger charge is -2.07. The summed E-state index contributed by atoms with van der Waals surface area (Å²) in [4.78, 5) is 22.6. The van der Waals surface area contributed by atoms with Crippen LogP contribution in [0.5, 0.6) is 0 Å². The third-order valence-electron chi connectivity index (χ3n) is 3.83. The van der Waals surface area contributed by atoms with Gasteiger partial charge < -0.3 is 5.32 Å². The maximum atomic E-state index is 12.0. The number of amides is 1. The maximum Gasteiger partial charge on any atom is 0.274 e. The van der Waals surface area contributed by atoms with Gasteiger partial charge in [0.05, 0.1) is 9.82 Å². The molecule has 0 saturated carbocycles. The van der Waals surface area contributed by atoms with E-state index in [1.165, 1.54) is 25.2 Å². The fourth-order valence-electron chi connectivity index (χ4n) is 2.32. The quantitative estimate of drug-likeness (QED) is 0.567. The fraction of sp³-hybridized carbons (Fsp3) is 0.235. The number of nitro benzene ring substituents is 1. The Morgan fingerprint density at radius 2 is 1.81 bits per heavy atom. The second-order valence-corrected chi connectivity index (χ2v) is 7.54. The van der Waals surface area contributed by atoms with Gasteiger partial charge in [-0.15, -0.1) is 0 Å². The van der Waals surface area contributed by atoms with Crippen LogP contribution >= 0.6 is 0 Å². The number of anilines is 1. The number of nitro groups is 1. The van der Waals surface area contributed by atoms with Crippen LogP contribution in [0.4, 0.5) is 11.4 Å². The van der Waals surface area contributed by atoms with Gasteiger partial charge in [-0.25, -0.2) is 13.1 Å². The first-order chi connectivity index (χ1) is 12.2. The Morgan fingerprint density at radius 3 is 2.38 bits per heavy atom. The molecule has 9 heteroatoms. The highest BCUT2D eigenvalue weighted by Gasteiger charge is 2.13. The van der Waals surface area contributed by atoms with Crippen LogP contribution in [0.15, 0.2) is 47.4 Å². The summed E-state index contributed by atoms with van der Waals surface area (Å²) in [5.41, 5.74) is 1.64. The number of hydrogen-bond donors (Lipinski definition) is 2. The Kier molecular flexibility index (Phi) is 6.06. The van der Waals surface area contributed by atoms with Crippen molar-refractivity contribution in [2.24, 2.45) is 0 Å². The zero-order chi connectivity index (χ0) is 19.3. The fourth-order valence-corrected chi connectivity index (χ4v) is 3.05. The van der Waals surface area contributed by atoms with E-state index in [0.29, 0.717) is 17.7 Å². The van der Waals surface area contributed by atoms with Crippen molar-refractivity contribution in [3.63, 3.8) is 0 Å². The summed E-state index contributed by atoms with van der Waals surface area (Å²) < 4.78 is 25.5. The first-order valence-electron chi connectivity index (χ1n) is 7.80. The number of aryl methyl sites for hydroxylation is 2. The van der Waals surface area contributed by atoms with Crippen LogP contribution in [0.3, 0.4) is 0 Å². The van der Waals surface area contributed by atoms with E-state index in [-0.39, 0.29) is 22.9 Å². The van der Waals surface area contributed by atoms with Crippen LogP contribution in [0.25, 0.3) is 0 Å². The van der Waals surface area contributed by atoms with Gasteiger partial charge in [-0.2, -0.15) is 0 Å². The van der Waals surface area contributed by atoms with Gasteiger partial charge in [0.1, 0.15) is 0 Å². The van der Waals surface area contributed by atoms with E-state index in [4.69, 9.17) is 0 Å². The normalized spacial score (nSPS) is 11.2. The molecule has 0 spiro atoms. The van der Waals surface area contributed by atoms with E-state index < -0.39 is 14.9 Å². The standard InChI is InChI=1S/C17H19N3O5S/c1-12-3-7-14(11-16(12)20(22)23)19-17(21)10-6-13-4-8-15(9-5-13)26(24,25)18-2/h3-5,7-9,11,18H,6,10H2,1-2H3,(H,19,21). The molecule has 1 amide bonds. The minimum atomic E-state index is -3.49. The molecule has 26 heavy (non-hydrogen) atoms. The van der Waals surface area contributed by atoms with Crippen molar-refractivity contribution in [2.75, 3.05) is 12.4 Å². The molecule has 0 atom stereocenters. The molecule has 0 aliphatic rings. The van der Waals surface area contributed by atoms with Crippen molar-refractivity contribution < 1.29 is 18.1 Å². The number of hydrogen-bond acceptors (Lipinski definition) is 5. The molecule has 0 unspecified atom stereocenters. The predicted octanol–water partition coefficient (Wildman–Crippen LogP) is 2.38. The van der Waals surface area contributed by atoms with Crippen LogP contribution in [0.1, 0.15) is 17.5 Å². The third kappa shape index (κ3) is 4.87. The van der Waals surface area contributed by atoms with Crippen LogP contribution in [-0.2, 0) is 21.2 Å². The number of benzene rings is 2. The van der Waals surface area contributed by atoms with Crippen molar-refractivity contribution >= 4 is 27.3 Å². The zero-order valence-electron chi connectivity index (χ0n) is 14.4. The lowest BCUT2D eigenvalue weighted by Crippen LogP contribution is -2.18. The van der Waals surface area contributed by atoms with E-state index in [2.05, 4.69) is 10.0 Å². The highest BCUT2D eigenvalue weighted by Crippen LogP contribution is 2.22. The molecular formula is C17H19N3O5S. The molecule has 2 N–H and O–H groups in total. The lowest BCUT2D eigenvalue weighted by molar-refractivity contribution is -0.385. The van der Waals surface area contributed by atoms with Crippen molar-refractivity contribution in [1.82, 2.24) is 4.72 Å². The van der Waals surface area contributed by atoms with Crippen molar-refractivity contribution in [3.05, 3.63) is 63.7 Å². The highest BCUT2D eigenvalue weighted by molar-refractivity contribution is 7.89. The minimum absolute atomic E-state index is 0.0517. The van der Waals surface area contributed by atoms with Crippen molar-refractivity contribution in [3.8, 4) is 0 Å². The zero-order valence-corrected chi connectivity index (χ0v) is 15.2. The molecule has 0 aromatic heterocycles. The molecule has 0 saturated heterocycles. The number of nitrogens with one attached hydrogen (secondary N) is 2. The van der Waals surface area contributed by atoms with E-state index in [9.17, 15) is 23.3 Å². The topological polar surface area (TPSA) is 118 Å². The largest absolute Gasteiger partial charge is 0.326 e. The Hall–Kier alpha value is -2.78. The Morgan fingerprint density at radius 1 is 1.15 bits per heavy atom. The highest BCUT2D eigenvalue weighted by atomic mass is 32.2. The van der Waals surface area contributed by atoms with Crippen molar-refractivity contribution in [1.29, 1.82) is 0 Å². The molecule has 0 bridgehead atoms. The summed E-state index contributed by atoms with van der Waals surface area (Å²) in [6, 6.07) is 10.8. The second kappa shape index (κ2) is 8.07. The number of sulfonamides is 1. The number of carbonyl (C=O) groups is 1. The Balaban J connectivity index is 1.97. The molecule has 2 aromatic rings. The molecular weight excluding hydrogens is 358 g/mol. The first kappa shape index (κ1) is 19.5. The molecule has 0 aliphatic carbocycles. The summed E-state index contributed by atoms with van der Waals surface area (Å²) in [6.07, 6.45) is 0.583. The summed E-state index contributed by atoms with van der Waals surface area (Å²) in [5, 5.41) is 13.6. The molecule has 138 valence electrons. The third-order valence-corrected chi connectivity index (χ3v) is 5.26. The lowest BCUT2D eigenvalue weighted by atomic mass is 10.1. The van der Waals surface area contributed by atoms with Gasteiger partial charge in [0, 0.05) is 23.7 Å². The molecule has 2 aromatic carbocycles. The Bertz CT molecular complexity index is 924. The summed E-state index contributed by atoms with van der Waals surface area (Å²) >= 11 is 0. The average Bonchev–Trinajstić information content (AvgIpc) is 2.61. The summed E-state index contributed by atoms with van der Waals surface area (Å²) in [6.45, 7) is 1.63.